The van der Waals surface area contributed by atoms with Crippen molar-refractivity contribution in [3.8, 4) is 11.5 Å². The summed E-state index contributed by atoms with van der Waals surface area (Å²) in [5.41, 5.74) is 2.13. The molecule has 1 aliphatic rings. The number of likely N-dealkylation sites (N-methyl/N-ethyl adjacent to an activating group) is 1. The van der Waals surface area contributed by atoms with Gasteiger partial charge >= 0.3 is 5.97 Å². The van der Waals surface area contributed by atoms with Crippen LogP contribution in [0.1, 0.15) is 28.4 Å². The normalized spacial score (nSPS) is 15.2. The number of non-ortho nitro benzene ring substituents is 1. The molecule has 0 saturated carbocycles. The largest absolute Gasteiger partial charge is 0.490 e. The Morgan fingerprint density at radius 2 is 1.85 bits per heavy atom. The van der Waals surface area contributed by atoms with Gasteiger partial charge in [-0.15, -0.1) is 0 Å². The number of carbonyl (C=O) groups excluding carboxylic acids is 1. The van der Waals surface area contributed by atoms with Crippen LogP contribution in [0.3, 0.4) is 0 Å². The van der Waals surface area contributed by atoms with Crippen LogP contribution in [0.25, 0.3) is 6.08 Å². The lowest BCUT2D eigenvalue weighted by atomic mass is 10.1. The first-order valence-corrected chi connectivity index (χ1v) is 13.2. The second-order valence-corrected chi connectivity index (χ2v) is 10.1. The van der Waals surface area contributed by atoms with E-state index in [2.05, 4.69) is 20.9 Å². The van der Waals surface area contributed by atoms with E-state index in [-0.39, 0.29) is 23.8 Å². The zero-order valence-corrected chi connectivity index (χ0v) is 23.2. The lowest BCUT2D eigenvalue weighted by Gasteiger charge is -2.15. The van der Waals surface area contributed by atoms with Crippen molar-refractivity contribution >= 4 is 62.2 Å². The maximum atomic E-state index is 12.9. The number of rotatable bonds is 9. The van der Waals surface area contributed by atoms with Crippen molar-refractivity contribution in [2.75, 3.05) is 13.7 Å². The summed E-state index contributed by atoms with van der Waals surface area (Å²) < 4.78 is 12.4. The topological polar surface area (TPSA) is 132 Å². The van der Waals surface area contributed by atoms with Crippen LogP contribution in [-0.2, 0) is 11.4 Å². The minimum atomic E-state index is -1.03. The number of ether oxygens (including phenoxy) is 2. The molecule has 3 aromatic rings. The number of thioether (sulfide) groups is 1. The molecule has 39 heavy (non-hydrogen) atoms. The number of nitrogens with zero attached hydrogens (tertiary/aromatic N) is 3. The van der Waals surface area contributed by atoms with Crippen LogP contribution < -0.4 is 9.47 Å². The third-order valence-electron chi connectivity index (χ3n) is 5.50. The van der Waals surface area contributed by atoms with Gasteiger partial charge in [0.05, 0.1) is 32.2 Å². The fourth-order valence-electron chi connectivity index (χ4n) is 3.54. The molecule has 1 aliphatic heterocycles. The highest BCUT2D eigenvalue weighted by Crippen LogP contribution is 2.40. The Labute approximate surface area is 236 Å². The van der Waals surface area contributed by atoms with Crippen molar-refractivity contribution < 1.29 is 29.1 Å². The first-order valence-electron chi connectivity index (χ1n) is 11.6. The molecule has 0 spiro atoms. The number of benzene rings is 3. The first-order chi connectivity index (χ1) is 18.7. The Morgan fingerprint density at radius 3 is 2.46 bits per heavy atom. The molecule has 0 unspecified atom stereocenters. The van der Waals surface area contributed by atoms with Crippen LogP contribution >= 0.6 is 27.7 Å². The second kappa shape index (κ2) is 12.1. The van der Waals surface area contributed by atoms with Crippen LogP contribution in [0.15, 0.2) is 75.0 Å². The predicted octanol–water partition coefficient (Wildman–Crippen LogP) is 6.27. The van der Waals surface area contributed by atoms with Gasteiger partial charge in [0.25, 0.3) is 11.6 Å². The third-order valence-corrected chi connectivity index (χ3v) is 7.15. The van der Waals surface area contributed by atoms with Gasteiger partial charge in [-0.05, 0) is 100 Å². The van der Waals surface area contributed by atoms with E-state index in [9.17, 15) is 19.7 Å². The second-order valence-electron chi connectivity index (χ2n) is 8.20. The molecule has 1 saturated heterocycles. The Balaban J connectivity index is 1.55. The van der Waals surface area contributed by atoms with Gasteiger partial charge in [-0.1, -0.05) is 0 Å². The Hall–Kier alpha value is -4.16. The molecule has 3 aromatic carbocycles. The van der Waals surface area contributed by atoms with Gasteiger partial charge in [0.1, 0.15) is 6.61 Å². The molecule has 200 valence electrons. The van der Waals surface area contributed by atoms with Gasteiger partial charge in [-0.25, -0.2) is 9.79 Å². The molecule has 1 heterocycles. The van der Waals surface area contributed by atoms with E-state index in [1.807, 2.05) is 6.92 Å². The molecule has 12 heteroatoms. The van der Waals surface area contributed by atoms with Crippen molar-refractivity contribution in [1.29, 1.82) is 0 Å². The molecular weight excluding hydrogens is 590 g/mol. The van der Waals surface area contributed by atoms with Gasteiger partial charge < -0.3 is 14.6 Å². The summed E-state index contributed by atoms with van der Waals surface area (Å²) in [5, 5.41) is 20.4. The zero-order valence-electron chi connectivity index (χ0n) is 20.8. The number of amides is 1. The highest BCUT2D eigenvalue weighted by atomic mass is 79.9. The van der Waals surface area contributed by atoms with E-state index in [0.29, 0.717) is 43.9 Å². The number of nitro groups is 1. The quantitative estimate of drug-likeness (QED) is 0.170. The number of hydrogen-bond donors (Lipinski definition) is 1. The number of carboxylic acids is 1. The fraction of sp³-hybridized carbons (Fsp3) is 0.148. The number of aromatic carboxylic acids is 1. The monoisotopic (exact) mass is 611 g/mol. The maximum absolute atomic E-state index is 12.9. The number of halogens is 1. The number of carbonyl (C=O) groups is 2. The van der Waals surface area contributed by atoms with Gasteiger partial charge in [0.15, 0.2) is 16.7 Å². The lowest BCUT2D eigenvalue weighted by Crippen LogP contribution is -2.23. The average molecular weight is 612 g/mol. The summed E-state index contributed by atoms with van der Waals surface area (Å²) >= 11 is 4.73. The minimum absolute atomic E-state index is 0.00148. The summed E-state index contributed by atoms with van der Waals surface area (Å²) in [4.78, 5) is 40.8. The van der Waals surface area contributed by atoms with E-state index in [1.54, 1.807) is 49.5 Å². The summed E-state index contributed by atoms with van der Waals surface area (Å²) in [6.45, 7) is 2.40. The van der Waals surface area contributed by atoms with Crippen molar-refractivity contribution in [2.45, 2.75) is 13.5 Å². The average Bonchev–Trinajstić information content (AvgIpc) is 3.16. The number of nitro benzene ring substituents is 1. The van der Waals surface area contributed by atoms with Gasteiger partial charge in [0.2, 0.25) is 0 Å². The van der Waals surface area contributed by atoms with Crippen molar-refractivity contribution in [2.24, 2.45) is 4.99 Å². The third kappa shape index (κ3) is 6.65. The van der Waals surface area contributed by atoms with Crippen LogP contribution in [0.5, 0.6) is 11.5 Å². The molecule has 0 atom stereocenters. The molecule has 1 amide bonds. The molecule has 10 nitrogen and oxygen atoms in total. The molecule has 0 radical (unpaired) electrons. The smallest absolute Gasteiger partial charge is 0.335 e. The van der Waals surface area contributed by atoms with Crippen molar-refractivity contribution in [3.63, 3.8) is 0 Å². The Bertz CT molecular complexity index is 1490. The zero-order chi connectivity index (χ0) is 28.1. The Kier molecular flexibility index (Phi) is 8.67. The maximum Gasteiger partial charge on any atom is 0.335 e. The summed E-state index contributed by atoms with van der Waals surface area (Å²) in [7, 11) is 1.62. The summed E-state index contributed by atoms with van der Waals surface area (Å²) in [5.74, 6) is -0.320. The minimum Gasteiger partial charge on any atom is -0.490 e. The molecule has 0 bridgehead atoms. The van der Waals surface area contributed by atoms with Gasteiger partial charge in [-0.3, -0.25) is 19.8 Å². The van der Waals surface area contributed by atoms with E-state index >= 15 is 0 Å². The summed E-state index contributed by atoms with van der Waals surface area (Å²) in [6, 6.07) is 15.7. The van der Waals surface area contributed by atoms with Gasteiger partial charge in [0, 0.05) is 19.2 Å². The van der Waals surface area contributed by atoms with Crippen LogP contribution in [0, 0.1) is 10.1 Å². The van der Waals surface area contributed by atoms with E-state index < -0.39 is 10.9 Å². The number of aliphatic imine (C=N–C) groups is 1. The first kappa shape index (κ1) is 27.9. The van der Waals surface area contributed by atoms with E-state index in [0.717, 1.165) is 5.56 Å². The van der Waals surface area contributed by atoms with Crippen LogP contribution in [0.2, 0.25) is 0 Å². The summed E-state index contributed by atoms with van der Waals surface area (Å²) in [6.07, 6.45) is 1.73. The predicted molar refractivity (Wildman–Crippen MR) is 152 cm³/mol. The standard InChI is InChI=1S/C27H22BrN3O7S/c1-3-37-22-13-17(12-21(28)24(22)38-15-16-4-10-20(11-5-16)31(35)36)14-23-25(32)30(2)27(39-23)29-19-8-6-18(7-9-19)26(33)34/h4-14H,3,15H2,1-2H3,(H,33,34)/b23-14-,29-27?. The van der Waals surface area contributed by atoms with E-state index in [4.69, 9.17) is 14.6 Å². The molecule has 0 aromatic heterocycles. The number of amidine groups is 1. The van der Waals surface area contributed by atoms with E-state index in [1.165, 1.54) is 40.9 Å². The lowest BCUT2D eigenvalue weighted by molar-refractivity contribution is -0.384. The molecule has 1 N–H and O–H groups in total. The number of carboxylic acid groups (broad SMARTS) is 1. The van der Waals surface area contributed by atoms with Crippen molar-refractivity contribution in [1.82, 2.24) is 4.90 Å². The highest BCUT2D eigenvalue weighted by Gasteiger charge is 2.30. The molecule has 1 fully saturated rings. The number of hydrogen-bond acceptors (Lipinski definition) is 8. The highest BCUT2D eigenvalue weighted by molar-refractivity contribution is 9.10. The van der Waals surface area contributed by atoms with Gasteiger partial charge in [-0.2, -0.15) is 0 Å². The fourth-order valence-corrected chi connectivity index (χ4v) is 5.10. The molecular formula is C27H22BrN3O7S. The van der Waals surface area contributed by atoms with Crippen LogP contribution in [0.4, 0.5) is 11.4 Å². The SMILES string of the molecule is CCOc1cc(/C=C2\SC(=Nc3ccc(C(=O)O)cc3)N(C)C2=O)cc(Br)c1OCc1ccc([N+](=O)[O-])cc1. The molecule has 4 rings (SSSR count). The molecule has 0 aliphatic carbocycles. The van der Waals surface area contributed by atoms with Crippen molar-refractivity contribution in [3.05, 3.63) is 96.8 Å². The van der Waals surface area contributed by atoms with Crippen LogP contribution in [-0.4, -0.2) is 45.6 Å². The Morgan fingerprint density at radius 1 is 1.15 bits per heavy atom.